The van der Waals surface area contributed by atoms with Crippen LogP contribution in [0.3, 0.4) is 0 Å². The Morgan fingerprint density at radius 3 is 2.57 bits per heavy atom. The molecule has 0 spiro atoms. The van der Waals surface area contributed by atoms with Gasteiger partial charge in [0.1, 0.15) is 0 Å². The third-order valence-electron chi connectivity index (χ3n) is 0.923. The summed E-state index contributed by atoms with van der Waals surface area (Å²) < 4.78 is 5.46. The Hall–Kier alpha value is 2.85. The smallest absolute Gasteiger partial charge is 0.0820 e. The summed E-state index contributed by atoms with van der Waals surface area (Å²) >= 11 is 14.3. The summed E-state index contributed by atoms with van der Waals surface area (Å²) in [5, 5.41) is 0. The van der Waals surface area contributed by atoms with Gasteiger partial charge in [-0.15, -0.1) is 0 Å². The molecule has 0 aliphatic carbocycles. The molecule has 0 atom stereocenters. The minimum atomic E-state index is -1.76. The highest BCUT2D eigenvalue weighted by atomic mass is 34.0. The van der Waals surface area contributed by atoms with Crippen molar-refractivity contribution in [1.29, 1.82) is 0 Å². The maximum Gasteiger partial charge on any atom is 0.0820 e. The fraction of sp³-hybridized carbons (Fsp3) is 1.00. The van der Waals surface area contributed by atoms with E-state index in [0.717, 1.165) is 12.8 Å². The number of unbranched alkanes of at least 4 members (excludes halogenated alkanes) is 1. The molecule has 86 valence electrons. The van der Waals surface area contributed by atoms with Crippen LogP contribution in [0.5, 0.6) is 0 Å². The van der Waals surface area contributed by atoms with Gasteiger partial charge in [0.2, 0.25) is 0 Å². The van der Waals surface area contributed by atoms with Crippen molar-refractivity contribution < 1.29 is 4.18 Å². The Morgan fingerprint density at radius 2 is 2.00 bits per heavy atom. The van der Waals surface area contributed by atoms with E-state index >= 15 is 0 Å². The summed E-state index contributed by atoms with van der Waals surface area (Å²) in [5.74, 6) is 0. The van der Waals surface area contributed by atoms with Crippen LogP contribution in [0.4, 0.5) is 0 Å². The van der Waals surface area contributed by atoms with E-state index in [4.69, 9.17) is 26.6 Å². The zero-order valence-corrected chi connectivity index (χ0v) is 14.7. The molecule has 0 aromatic carbocycles. The van der Waals surface area contributed by atoms with Crippen LogP contribution < -0.4 is 0 Å². The van der Waals surface area contributed by atoms with Crippen LogP contribution in [0.1, 0.15) is 19.8 Å². The third-order valence-corrected chi connectivity index (χ3v) is 16.5. The van der Waals surface area contributed by atoms with Crippen molar-refractivity contribution in [2.24, 2.45) is 0 Å². The molecule has 0 saturated heterocycles. The molecular weight excluding hydrogens is 353 g/mol. The molecule has 0 aromatic heterocycles. The average molecular weight is 363 g/mol. The molecule has 0 rings (SSSR count). The standard InChI is InChI=1S/C4H10OS9/c1-2-3-4-5-14(7,8)13-12-11-10-9-6/h6H,2-4H2,1H3. The summed E-state index contributed by atoms with van der Waals surface area (Å²) in [6, 6.07) is 0. The van der Waals surface area contributed by atoms with Crippen LogP contribution in [-0.4, -0.2) is 6.61 Å². The molecule has 14 heavy (non-hydrogen) atoms. The summed E-state index contributed by atoms with van der Waals surface area (Å²) in [6.45, 7) is 1.05. The Bertz CT molecular complexity index is 211. The molecule has 0 aromatic rings. The zero-order valence-electron chi connectivity index (χ0n) is 7.24. The molecule has 0 bridgehead atoms. The molecule has 0 aliphatic heterocycles. The van der Waals surface area contributed by atoms with E-state index in [9.17, 15) is 0 Å². The van der Waals surface area contributed by atoms with Crippen molar-refractivity contribution in [3.05, 3.63) is 0 Å². The lowest BCUT2D eigenvalue weighted by atomic mass is 10.4. The van der Waals surface area contributed by atoms with Crippen molar-refractivity contribution in [2.45, 2.75) is 19.8 Å². The fourth-order valence-corrected chi connectivity index (χ4v) is 16.7. The first-order chi connectivity index (χ1) is 6.62. The zero-order chi connectivity index (χ0) is 10.9. The minimum Gasteiger partial charge on any atom is -0.301 e. The van der Waals surface area contributed by atoms with Crippen LogP contribution in [0.15, 0.2) is 0 Å². The molecule has 1 nitrogen and oxygen atoms in total. The lowest BCUT2D eigenvalue weighted by molar-refractivity contribution is 0.363. The van der Waals surface area contributed by atoms with Crippen molar-refractivity contribution >= 4 is 89.6 Å². The lowest BCUT2D eigenvalue weighted by Crippen LogP contribution is -1.97. The molecule has 0 saturated carbocycles. The van der Waals surface area contributed by atoms with E-state index in [1.54, 1.807) is 29.5 Å². The Balaban J connectivity index is 3.52. The maximum atomic E-state index is 5.46. The van der Waals surface area contributed by atoms with E-state index < -0.39 is 6.46 Å². The van der Waals surface area contributed by atoms with Crippen LogP contribution >= 0.6 is 60.8 Å². The van der Waals surface area contributed by atoms with Gasteiger partial charge < -0.3 is 4.18 Å². The highest BCUT2D eigenvalue weighted by Crippen LogP contribution is 2.51. The minimum absolute atomic E-state index is 0.686. The van der Waals surface area contributed by atoms with Crippen molar-refractivity contribution in [2.75, 3.05) is 6.61 Å². The van der Waals surface area contributed by atoms with E-state index in [1.165, 1.54) is 19.7 Å². The topological polar surface area (TPSA) is 9.23 Å². The van der Waals surface area contributed by atoms with Gasteiger partial charge in [0.05, 0.1) is 13.1 Å². The van der Waals surface area contributed by atoms with Crippen molar-refractivity contribution in [3.63, 3.8) is 0 Å². The van der Waals surface area contributed by atoms with Gasteiger partial charge in [-0.25, -0.2) is 0 Å². The van der Waals surface area contributed by atoms with Crippen molar-refractivity contribution in [1.82, 2.24) is 0 Å². The maximum absolute atomic E-state index is 5.46. The first-order valence-corrected chi connectivity index (χ1v) is 14.6. The SMILES string of the molecule is CCCCOS(=S)(=S)SSSSSS. The average Bonchev–Trinajstić information content (AvgIpc) is 2.13. The highest BCUT2D eigenvalue weighted by Gasteiger charge is 2.04. The molecule has 0 aliphatic rings. The largest absolute Gasteiger partial charge is 0.301 e. The van der Waals surface area contributed by atoms with E-state index in [0.29, 0.717) is 6.61 Å². The predicted molar refractivity (Wildman–Crippen MR) is 89.9 cm³/mol. The van der Waals surface area contributed by atoms with Gasteiger partial charge in [0.15, 0.2) is 0 Å². The predicted octanol–water partition coefficient (Wildman–Crippen LogP) is 4.88. The first-order valence-electron chi connectivity index (χ1n) is 3.51. The Kier molecular flexibility index (Phi) is 13.2. The summed E-state index contributed by atoms with van der Waals surface area (Å²) in [5.41, 5.74) is 0. The van der Waals surface area contributed by atoms with Gasteiger partial charge in [-0.1, -0.05) is 25.0 Å². The van der Waals surface area contributed by atoms with Gasteiger partial charge in [0.25, 0.3) is 0 Å². The Labute approximate surface area is 119 Å². The Morgan fingerprint density at radius 1 is 1.29 bits per heavy atom. The van der Waals surface area contributed by atoms with E-state index in [2.05, 4.69) is 18.6 Å². The molecule has 0 N–H and O–H groups in total. The van der Waals surface area contributed by atoms with Gasteiger partial charge in [-0.05, 0) is 48.4 Å². The van der Waals surface area contributed by atoms with Gasteiger partial charge in [-0.2, -0.15) is 0 Å². The first kappa shape index (κ1) is 16.9. The summed E-state index contributed by atoms with van der Waals surface area (Å²) in [6.07, 6.45) is 2.14. The number of thiol groups is 1. The lowest BCUT2D eigenvalue weighted by Gasteiger charge is -2.07. The van der Waals surface area contributed by atoms with Gasteiger partial charge in [0, 0.05) is 29.5 Å². The fourth-order valence-electron chi connectivity index (χ4n) is 0.394. The summed E-state index contributed by atoms with van der Waals surface area (Å²) in [7, 11) is 7.65. The van der Waals surface area contributed by atoms with Crippen LogP contribution in [0, 0.1) is 0 Å². The molecule has 0 amide bonds. The second-order valence-corrected chi connectivity index (χ2v) is 18.1. The van der Waals surface area contributed by atoms with E-state index in [-0.39, 0.29) is 0 Å². The quantitative estimate of drug-likeness (QED) is 0.348. The van der Waals surface area contributed by atoms with Crippen LogP contribution in [0.2, 0.25) is 0 Å². The summed E-state index contributed by atoms with van der Waals surface area (Å²) in [4.78, 5) is 0. The normalized spacial score (nSPS) is 11.9. The third kappa shape index (κ3) is 11.3. The number of hydrogen-bond acceptors (Lipinski definition) is 9. The molecule has 0 unspecified atom stereocenters. The molecule has 0 heterocycles. The molecule has 0 fully saturated rings. The van der Waals surface area contributed by atoms with Crippen LogP contribution in [-0.2, 0) is 33.0 Å². The van der Waals surface area contributed by atoms with Gasteiger partial charge >= 0.3 is 0 Å². The van der Waals surface area contributed by atoms with E-state index in [1.807, 2.05) is 0 Å². The van der Waals surface area contributed by atoms with Crippen molar-refractivity contribution in [3.8, 4) is 0 Å². The molecule has 0 radical (unpaired) electrons. The number of rotatable bonds is 9. The number of hydrogen-bond donors (Lipinski definition) is 1. The second-order valence-electron chi connectivity index (χ2n) is 1.93. The second kappa shape index (κ2) is 11.0. The van der Waals surface area contributed by atoms with Crippen LogP contribution in [0.25, 0.3) is 0 Å². The molecule has 10 heteroatoms. The highest BCUT2D eigenvalue weighted by molar-refractivity contribution is 9.46. The molecular formula is C4H10OS9. The monoisotopic (exact) mass is 362 g/mol. The van der Waals surface area contributed by atoms with Gasteiger partial charge in [-0.3, -0.25) is 0 Å².